The lowest BCUT2D eigenvalue weighted by atomic mass is 9.76. The van der Waals surface area contributed by atoms with Crippen molar-refractivity contribution >= 4 is 5.91 Å². The molecule has 0 radical (unpaired) electrons. The molecule has 3 atom stereocenters. The first-order chi connectivity index (χ1) is 8.60. The highest BCUT2D eigenvalue weighted by molar-refractivity contribution is 5.83. The molecular formula is C15H28N2O. The van der Waals surface area contributed by atoms with E-state index in [9.17, 15) is 4.79 Å². The van der Waals surface area contributed by atoms with E-state index in [1.54, 1.807) is 0 Å². The van der Waals surface area contributed by atoms with Crippen LogP contribution in [-0.4, -0.2) is 36.0 Å². The zero-order valence-corrected chi connectivity index (χ0v) is 12.2. The Labute approximate surface area is 111 Å². The molecule has 2 saturated heterocycles. The first kappa shape index (κ1) is 13.9. The summed E-state index contributed by atoms with van der Waals surface area (Å²) in [6.07, 6.45) is 6.77. The zero-order chi connectivity index (χ0) is 13.2. The van der Waals surface area contributed by atoms with Gasteiger partial charge in [-0.25, -0.2) is 0 Å². The fourth-order valence-corrected chi connectivity index (χ4v) is 3.70. The van der Waals surface area contributed by atoms with E-state index < -0.39 is 0 Å². The van der Waals surface area contributed by atoms with Gasteiger partial charge in [0.2, 0.25) is 5.91 Å². The Balaban J connectivity index is 2.16. The zero-order valence-electron chi connectivity index (χ0n) is 12.2. The van der Waals surface area contributed by atoms with E-state index in [0.717, 1.165) is 32.4 Å². The van der Waals surface area contributed by atoms with Crippen LogP contribution >= 0.6 is 0 Å². The molecule has 104 valence electrons. The van der Waals surface area contributed by atoms with Gasteiger partial charge in [-0.05, 0) is 58.9 Å². The van der Waals surface area contributed by atoms with Crippen LogP contribution in [0.3, 0.4) is 0 Å². The summed E-state index contributed by atoms with van der Waals surface area (Å²) in [4.78, 5) is 15.2. The molecule has 2 aliphatic rings. The standard InChI is InChI=1S/C15H28N2O/c1-4-15(9-6-10-16-11-15)14(18)17-12(2)7-5-8-13(17)3/h12-13,16H,4-11H2,1-3H3/t12-,13+,15?. The van der Waals surface area contributed by atoms with Crippen LogP contribution in [0, 0.1) is 5.41 Å². The molecule has 2 heterocycles. The van der Waals surface area contributed by atoms with Crippen LogP contribution in [0.1, 0.15) is 59.3 Å². The van der Waals surface area contributed by atoms with Crippen LogP contribution in [0.4, 0.5) is 0 Å². The lowest BCUT2D eigenvalue weighted by Gasteiger charge is -2.46. The number of piperidine rings is 2. The number of rotatable bonds is 2. The van der Waals surface area contributed by atoms with Crippen LogP contribution < -0.4 is 5.32 Å². The van der Waals surface area contributed by atoms with Crippen LogP contribution in [-0.2, 0) is 4.79 Å². The van der Waals surface area contributed by atoms with Crippen molar-refractivity contribution in [2.24, 2.45) is 5.41 Å². The average Bonchev–Trinajstić information content (AvgIpc) is 2.39. The molecule has 2 aliphatic heterocycles. The molecule has 0 aromatic carbocycles. The number of likely N-dealkylation sites (tertiary alicyclic amines) is 1. The number of nitrogens with zero attached hydrogens (tertiary/aromatic N) is 1. The lowest BCUT2D eigenvalue weighted by molar-refractivity contribution is -0.150. The summed E-state index contributed by atoms with van der Waals surface area (Å²) < 4.78 is 0. The summed E-state index contributed by atoms with van der Waals surface area (Å²) in [6, 6.07) is 0.846. The van der Waals surface area contributed by atoms with Crippen molar-refractivity contribution in [3.8, 4) is 0 Å². The molecule has 0 saturated carbocycles. The van der Waals surface area contributed by atoms with Gasteiger partial charge in [-0.1, -0.05) is 6.92 Å². The Kier molecular flexibility index (Phi) is 4.31. The van der Waals surface area contributed by atoms with E-state index in [1.807, 2.05) is 0 Å². The molecule has 0 spiro atoms. The third kappa shape index (κ3) is 2.42. The van der Waals surface area contributed by atoms with Gasteiger partial charge in [-0.2, -0.15) is 0 Å². The molecule has 3 heteroatoms. The highest BCUT2D eigenvalue weighted by atomic mass is 16.2. The molecule has 1 amide bonds. The number of carbonyl (C=O) groups excluding carboxylic acids is 1. The molecule has 0 aromatic heterocycles. The number of nitrogens with one attached hydrogen (secondary N) is 1. The maximum absolute atomic E-state index is 13.0. The van der Waals surface area contributed by atoms with Crippen molar-refractivity contribution in [3.63, 3.8) is 0 Å². The summed E-state index contributed by atoms with van der Waals surface area (Å²) in [6.45, 7) is 8.54. The Bertz CT molecular complexity index is 287. The Morgan fingerprint density at radius 2 is 1.94 bits per heavy atom. The molecule has 0 bridgehead atoms. The normalized spacial score (nSPS) is 37.6. The monoisotopic (exact) mass is 252 g/mol. The minimum atomic E-state index is -0.127. The molecule has 2 fully saturated rings. The molecule has 0 aliphatic carbocycles. The smallest absolute Gasteiger partial charge is 0.230 e. The van der Waals surface area contributed by atoms with Gasteiger partial charge < -0.3 is 10.2 Å². The van der Waals surface area contributed by atoms with Gasteiger partial charge in [0.05, 0.1) is 5.41 Å². The highest BCUT2D eigenvalue weighted by Crippen LogP contribution is 2.36. The quantitative estimate of drug-likeness (QED) is 0.819. The van der Waals surface area contributed by atoms with Crippen LogP contribution in [0.2, 0.25) is 0 Å². The van der Waals surface area contributed by atoms with Gasteiger partial charge in [-0.15, -0.1) is 0 Å². The molecule has 18 heavy (non-hydrogen) atoms. The van der Waals surface area contributed by atoms with Gasteiger partial charge in [0, 0.05) is 18.6 Å². The molecule has 0 aromatic rings. The number of carbonyl (C=O) groups is 1. The van der Waals surface area contributed by atoms with Crippen molar-refractivity contribution in [2.45, 2.75) is 71.4 Å². The van der Waals surface area contributed by atoms with Crippen LogP contribution in [0.15, 0.2) is 0 Å². The maximum Gasteiger partial charge on any atom is 0.230 e. The maximum atomic E-state index is 13.0. The Morgan fingerprint density at radius 1 is 1.28 bits per heavy atom. The molecule has 3 nitrogen and oxygen atoms in total. The minimum Gasteiger partial charge on any atom is -0.337 e. The second kappa shape index (κ2) is 5.60. The van der Waals surface area contributed by atoms with Gasteiger partial charge in [0.15, 0.2) is 0 Å². The van der Waals surface area contributed by atoms with Crippen molar-refractivity contribution in [3.05, 3.63) is 0 Å². The summed E-state index contributed by atoms with van der Waals surface area (Å²) in [5.41, 5.74) is -0.127. The van der Waals surface area contributed by atoms with Crippen molar-refractivity contribution in [1.82, 2.24) is 10.2 Å². The van der Waals surface area contributed by atoms with Gasteiger partial charge >= 0.3 is 0 Å². The summed E-state index contributed by atoms with van der Waals surface area (Å²) in [5, 5.41) is 3.43. The predicted octanol–water partition coefficient (Wildman–Crippen LogP) is 2.56. The predicted molar refractivity (Wildman–Crippen MR) is 74.4 cm³/mol. The first-order valence-electron chi connectivity index (χ1n) is 7.64. The first-order valence-corrected chi connectivity index (χ1v) is 7.64. The van der Waals surface area contributed by atoms with Crippen molar-refractivity contribution in [2.75, 3.05) is 13.1 Å². The molecular weight excluding hydrogens is 224 g/mol. The largest absolute Gasteiger partial charge is 0.337 e. The minimum absolute atomic E-state index is 0.127. The van der Waals surface area contributed by atoms with E-state index >= 15 is 0 Å². The summed E-state index contributed by atoms with van der Waals surface area (Å²) in [5.74, 6) is 0.414. The highest BCUT2D eigenvalue weighted by Gasteiger charge is 2.43. The van der Waals surface area contributed by atoms with Gasteiger partial charge in [0.1, 0.15) is 0 Å². The third-order valence-electron chi connectivity index (χ3n) is 5.03. The van der Waals surface area contributed by atoms with Crippen molar-refractivity contribution < 1.29 is 4.79 Å². The average molecular weight is 252 g/mol. The molecule has 2 rings (SSSR count). The number of amides is 1. The van der Waals surface area contributed by atoms with E-state index in [0.29, 0.717) is 18.0 Å². The van der Waals surface area contributed by atoms with E-state index in [1.165, 1.54) is 19.3 Å². The van der Waals surface area contributed by atoms with Crippen LogP contribution in [0.5, 0.6) is 0 Å². The fraction of sp³-hybridized carbons (Fsp3) is 0.933. The van der Waals surface area contributed by atoms with E-state index in [-0.39, 0.29) is 5.41 Å². The van der Waals surface area contributed by atoms with Gasteiger partial charge in [-0.3, -0.25) is 4.79 Å². The van der Waals surface area contributed by atoms with Gasteiger partial charge in [0.25, 0.3) is 0 Å². The molecule has 1 N–H and O–H groups in total. The van der Waals surface area contributed by atoms with Crippen LogP contribution in [0.25, 0.3) is 0 Å². The SMILES string of the molecule is CCC1(C(=O)N2[C@H](C)CCC[C@@H]2C)CCCNC1. The number of hydrogen-bond donors (Lipinski definition) is 1. The second-order valence-electron chi connectivity index (χ2n) is 6.26. The summed E-state index contributed by atoms with van der Waals surface area (Å²) >= 11 is 0. The Hall–Kier alpha value is -0.570. The van der Waals surface area contributed by atoms with E-state index in [4.69, 9.17) is 0 Å². The third-order valence-corrected chi connectivity index (χ3v) is 5.03. The topological polar surface area (TPSA) is 32.3 Å². The Morgan fingerprint density at radius 3 is 2.44 bits per heavy atom. The fourth-order valence-electron chi connectivity index (χ4n) is 3.70. The summed E-state index contributed by atoms with van der Waals surface area (Å²) in [7, 11) is 0. The van der Waals surface area contributed by atoms with Crippen molar-refractivity contribution in [1.29, 1.82) is 0 Å². The number of hydrogen-bond acceptors (Lipinski definition) is 2. The lowest BCUT2D eigenvalue weighted by Crippen LogP contribution is -2.57. The molecule has 1 unspecified atom stereocenters. The van der Waals surface area contributed by atoms with E-state index in [2.05, 4.69) is 31.0 Å². The second-order valence-corrected chi connectivity index (χ2v) is 6.26.